The molecule has 6 heteroatoms. The van der Waals surface area contributed by atoms with Gasteiger partial charge in [0.05, 0.1) is 5.41 Å². The number of hydrogen-bond acceptors (Lipinski definition) is 4. The van der Waals surface area contributed by atoms with E-state index >= 15 is 0 Å². The molecule has 1 unspecified atom stereocenters. The van der Waals surface area contributed by atoms with Crippen molar-refractivity contribution in [2.45, 2.75) is 65.4 Å². The van der Waals surface area contributed by atoms with E-state index in [9.17, 15) is 14.7 Å². The average molecular weight is 317 g/mol. The van der Waals surface area contributed by atoms with Crippen molar-refractivity contribution in [2.24, 2.45) is 5.41 Å². The van der Waals surface area contributed by atoms with E-state index in [1.54, 1.807) is 27.9 Å². The highest BCUT2D eigenvalue weighted by Crippen LogP contribution is 2.30. The predicted octanol–water partition coefficient (Wildman–Crippen LogP) is 3.20. The number of ether oxygens (including phenoxy) is 2. The van der Waals surface area contributed by atoms with E-state index in [0.29, 0.717) is 19.4 Å². The lowest BCUT2D eigenvalue weighted by Gasteiger charge is -2.30. The second-order valence-electron chi connectivity index (χ2n) is 6.64. The van der Waals surface area contributed by atoms with Crippen LogP contribution in [0.15, 0.2) is 0 Å². The molecule has 1 amide bonds. The zero-order valence-electron chi connectivity index (χ0n) is 14.5. The summed E-state index contributed by atoms with van der Waals surface area (Å²) >= 11 is 0. The molecule has 0 rings (SSSR count). The molecule has 0 heterocycles. The van der Waals surface area contributed by atoms with Gasteiger partial charge in [0.15, 0.2) is 0 Å². The van der Waals surface area contributed by atoms with Crippen LogP contribution in [0, 0.1) is 5.41 Å². The predicted molar refractivity (Wildman–Crippen MR) is 84.9 cm³/mol. The topological polar surface area (TPSA) is 84.9 Å². The van der Waals surface area contributed by atoms with Crippen LogP contribution in [0.2, 0.25) is 0 Å². The molecule has 1 atom stereocenters. The zero-order valence-corrected chi connectivity index (χ0v) is 14.5. The minimum absolute atomic E-state index is 0.0814. The molecule has 0 aliphatic rings. The summed E-state index contributed by atoms with van der Waals surface area (Å²) in [7, 11) is 1.63. The molecule has 6 nitrogen and oxygen atoms in total. The van der Waals surface area contributed by atoms with Gasteiger partial charge in [-0.3, -0.25) is 4.79 Å². The molecule has 0 saturated heterocycles. The van der Waals surface area contributed by atoms with Crippen molar-refractivity contribution >= 4 is 12.1 Å². The summed E-state index contributed by atoms with van der Waals surface area (Å²) in [5.41, 5.74) is -1.54. The van der Waals surface area contributed by atoms with Crippen LogP contribution in [-0.4, -0.2) is 43.0 Å². The summed E-state index contributed by atoms with van der Waals surface area (Å²) in [6, 6.07) is 0. The van der Waals surface area contributed by atoms with Gasteiger partial charge >= 0.3 is 12.1 Å². The van der Waals surface area contributed by atoms with Crippen LogP contribution in [0.3, 0.4) is 0 Å². The number of rotatable bonds is 10. The zero-order chi connectivity index (χ0) is 17.2. The maximum Gasteiger partial charge on any atom is 0.407 e. The van der Waals surface area contributed by atoms with Gasteiger partial charge in [-0.15, -0.1) is 0 Å². The van der Waals surface area contributed by atoms with Crippen LogP contribution in [0.1, 0.15) is 59.8 Å². The minimum Gasteiger partial charge on any atom is -0.481 e. The number of alkyl carbamates (subject to hydrolysis) is 1. The number of methoxy groups -OCH3 is 1. The fourth-order valence-electron chi connectivity index (χ4n) is 2.34. The van der Waals surface area contributed by atoms with E-state index in [1.807, 2.05) is 6.92 Å². The molecular formula is C16H31NO5. The Hall–Kier alpha value is -1.30. The van der Waals surface area contributed by atoms with Crippen molar-refractivity contribution in [1.82, 2.24) is 5.32 Å². The van der Waals surface area contributed by atoms with Crippen molar-refractivity contribution in [3.63, 3.8) is 0 Å². The van der Waals surface area contributed by atoms with Crippen molar-refractivity contribution in [3.8, 4) is 0 Å². The summed E-state index contributed by atoms with van der Waals surface area (Å²) in [6.45, 7) is 7.95. The summed E-state index contributed by atoms with van der Waals surface area (Å²) in [6.07, 6.45) is 2.75. The van der Waals surface area contributed by atoms with Gasteiger partial charge in [0.2, 0.25) is 0 Å². The first kappa shape index (κ1) is 20.7. The summed E-state index contributed by atoms with van der Waals surface area (Å²) < 4.78 is 10.2. The molecule has 22 heavy (non-hydrogen) atoms. The Labute approximate surface area is 133 Å². The van der Waals surface area contributed by atoms with Crippen molar-refractivity contribution < 1.29 is 24.2 Å². The number of carbonyl (C=O) groups excluding carboxylic acids is 1. The number of carbonyl (C=O) groups is 2. The van der Waals surface area contributed by atoms with Crippen LogP contribution in [-0.2, 0) is 14.3 Å². The van der Waals surface area contributed by atoms with Gasteiger partial charge in [-0.25, -0.2) is 4.79 Å². The molecule has 0 spiro atoms. The van der Waals surface area contributed by atoms with E-state index in [0.717, 1.165) is 19.3 Å². The van der Waals surface area contributed by atoms with Gasteiger partial charge in [0.25, 0.3) is 0 Å². The first-order chi connectivity index (χ1) is 10.2. The standard InChI is InChI=1S/C16H31NO5/c1-6-9-16(13(18)19,10-7-8-11-21-5)12-17-14(20)22-15(2,3)4/h6-12H2,1-5H3,(H,17,20)(H,18,19). The van der Waals surface area contributed by atoms with E-state index < -0.39 is 23.1 Å². The van der Waals surface area contributed by atoms with Gasteiger partial charge in [-0.1, -0.05) is 13.3 Å². The molecule has 0 aromatic carbocycles. The maximum atomic E-state index is 11.8. The van der Waals surface area contributed by atoms with Gasteiger partial charge in [-0.2, -0.15) is 0 Å². The number of carboxylic acid groups (broad SMARTS) is 1. The van der Waals surface area contributed by atoms with Crippen molar-refractivity contribution in [2.75, 3.05) is 20.3 Å². The Kier molecular flexibility index (Phi) is 9.09. The lowest BCUT2D eigenvalue weighted by molar-refractivity contribution is -0.149. The van der Waals surface area contributed by atoms with Gasteiger partial charge in [0.1, 0.15) is 5.60 Å². The van der Waals surface area contributed by atoms with Crippen LogP contribution in [0.4, 0.5) is 4.79 Å². The normalized spacial score (nSPS) is 14.2. The van der Waals surface area contributed by atoms with Gasteiger partial charge in [0, 0.05) is 20.3 Å². The molecule has 0 radical (unpaired) electrons. The second kappa shape index (κ2) is 9.66. The summed E-state index contributed by atoms with van der Waals surface area (Å²) in [5, 5.41) is 12.2. The molecule has 0 aromatic rings. The van der Waals surface area contributed by atoms with Crippen LogP contribution in [0.5, 0.6) is 0 Å². The first-order valence-corrected chi connectivity index (χ1v) is 7.86. The Morgan fingerprint density at radius 1 is 1.14 bits per heavy atom. The maximum absolute atomic E-state index is 11.8. The fraction of sp³-hybridized carbons (Fsp3) is 0.875. The van der Waals surface area contributed by atoms with Crippen LogP contribution in [0.25, 0.3) is 0 Å². The lowest BCUT2D eigenvalue weighted by atomic mass is 9.78. The van der Waals surface area contributed by atoms with E-state index in [4.69, 9.17) is 9.47 Å². The van der Waals surface area contributed by atoms with Crippen LogP contribution < -0.4 is 5.32 Å². The highest BCUT2D eigenvalue weighted by Gasteiger charge is 2.37. The molecule has 0 aliphatic heterocycles. The molecule has 2 N–H and O–H groups in total. The number of unbranched alkanes of at least 4 members (excludes halogenated alkanes) is 1. The second-order valence-corrected chi connectivity index (χ2v) is 6.64. The number of carboxylic acids is 1. The molecule has 0 aromatic heterocycles. The molecule has 0 fully saturated rings. The summed E-state index contributed by atoms with van der Waals surface area (Å²) in [4.78, 5) is 23.5. The van der Waals surface area contributed by atoms with Crippen molar-refractivity contribution in [3.05, 3.63) is 0 Å². The van der Waals surface area contributed by atoms with Gasteiger partial charge in [-0.05, 0) is 46.5 Å². The average Bonchev–Trinajstić information content (AvgIpc) is 2.38. The summed E-state index contributed by atoms with van der Waals surface area (Å²) in [5.74, 6) is -0.872. The smallest absolute Gasteiger partial charge is 0.407 e. The number of nitrogens with one attached hydrogen (secondary N) is 1. The Morgan fingerprint density at radius 2 is 1.77 bits per heavy atom. The third-order valence-corrected chi connectivity index (χ3v) is 3.41. The third-order valence-electron chi connectivity index (χ3n) is 3.41. The first-order valence-electron chi connectivity index (χ1n) is 7.86. The van der Waals surface area contributed by atoms with E-state index in [2.05, 4.69) is 5.32 Å². The molecule has 130 valence electrons. The van der Waals surface area contributed by atoms with Crippen molar-refractivity contribution in [1.29, 1.82) is 0 Å². The number of amides is 1. The number of aliphatic carboxylic acids is 1. The molecule has 0 aliphatic carbocycles. The highest BCUT2D eigenvalue weighted by atomic mass is 16.6. The Morgan fingerprint density at radius 3 is 2.23 bits per heavy atom. The molecule has 0 saturated carbocycles. The van der Waals surface area contributed by atoms with E-state index in [-0.39, 0.29) is 6.54 Å². The third kappa shape index (κ3) is 8.22. The fourth-order valence-corrected chi connectivity index (χ4v) is 2.34. The Bertz CT molecular complexity index is 351. The lowest BCUT2D eigenvalue weighted by Crippen LogP contribution is -2.44. The molecular weight excluding hydrogens is 286 g/mol. The largest absolute Gasteiger partial charge is 0.481 e. The highest BCUT2D eigenvalue weighted by molar-refractivity contribution is 5.76. The SMILES string of the molecule is CCCC(CCCCOC)(CNC(=O)OC(C)(C)C)C(=O)O. The quantitative estimate of drug-likeness (QED) is 0.604. The Balaban J connectivity index is 4.70. The van der Waals surface area contributed by atoms with Crippen LogP contribution >= 0.6 is 0 Å². The number of hydrogen-bond donors (Lipinski definition) is 2. The van der Waals surface area contributed by atoms with E-state index in [1.165, 1.54) is 0 Å². The minimum atomic E-state index is -0.945. The van der Waals surface area contributed by atoms with Gasteiger partial charge < -0.3 is 19.9 Å². The molecule has 0 bridgehead atoms. The monoisotopic (exact) mass is 317 g/mol.